The van der Waals surface area contributed by atoms with Crippen LogP contribution in [0.3, 0.4) is 0 Å². The molecule has 0 aliphatic heterocycles. The molecule has 0 radical (unpaired) electrons. The smallest absolute Gasteiger partial charge is 0.124 e. The predicted molar refractivity (Wildman–Crippen MR) is 39.8 cm³/mol. The molecule has 0 saturated heterocycles. The minimum absolute atomic E-state index is 0.331. The van der Waals surface area contributed by atoms with Gasteiger partial charge in [-0.15, -0.1) is 7.05 Å². The van der Waals surface area contributed by atoms with Crippen molar-refractivity contribution in [2.24, 2.45) is 0 Å². The van der Waals surface area contributed by atoms with E-state index >= 15 is 0 Å². The number of aromatic hydroxyl groups is 1. The Kier molecular flexibility index (Phi) is 1.92. The Bertz CT molecular complexity index is 233. The van der Waals surface area contributed by atoms with Crippen molar-refractivity contribution >= 4 is 5.69 Å². The molecule has 0 unspecified atom stereocenters. The lowest BCUT2D eigenvalue weighted by atomic mass is 10.2. The summed E-state index contributed by atoms with van der Waals surface area (Å²) in [6, 6.07) is 5.39. The molecule has 0 aromatic heterocycles. The Morgan fingerprint density at radius 3 is 2.70 bits per heavy atom. The van der Waals surface area contributed by atoms with Crippen LogP contribution in [0.4, 0.5) is 5.69 Å². The van der Waals surface area contributed by atoms with Crippen LogP contribution in [0.5, 0.6) is 5.75 Å². The normalized spacial score (nSPS) is 9.80. The summed E-state index contributed by atoms with van der Waals surface area (Å²) in [5.74, 6) is 0.331. The van der Waals surface area contributed by atoms with Crippen LogP contribution in [0.25, 0.3) is 0 Å². The summed E-state index contributed by atoms with van der Waals surface area (Å²) in [6.45, 7) is 1.87. The Morgan fingerprint density at radius 2 is 2.20 bits per heavy atom. The molecule has 3 N–H and O–H groups in total. The third-order valence-electron chi connectivity index (χ3n) is 1.57. The maximum absolute atomic E-state index is 9.18. The molecule has 0 aliphatic carbocycles. The number of phenolic OH excluding ortho intramolecular Hbond substituents is 1. The lowest BCUT2D eigenvalue weighted by molar-refractivity contribution is -0.505. The van der Waals surface area contributed by atoms with E-state index in [4.69, 9.17) is 0 Å². The highest BCUT2D eigenvalue weighted by Crippen LogP contribution is 2.19. The van der Waals surface area contributed by atoms with Crippen LogP contribution in [0.2, 0.25) is 0 Å². The Morgan fingerprint density at radius 1 is 1.50 bits per heavy atom. The summed E-state index contributed by atoms with van der Waals surface area (Å²) in [5, 5.41) is 10.9. The van der Waals surface area contributed by atoms with Gasteiger partial charge in [-0.1, -0.05) is 6.07 Å². The number of benzene rings is 1. The second-order valence-corrected chi connectivity index (χ2v) is 2.20. The van der Waals surface area contributed by atoms with E-state index in [9.17, 15) is 5.11 Å². The van der Waals surface area contributed by atoms with Crippen LogP contribution in [-0.2, 0) is 0 Å². The summed E-state index contributed by atoms with van der Waals surface area (Å²) < 4.78 is 0. The van der Waals surface area contributed by atoms with Crippen LogP contribution in [0, 0.1) is 14.0 Å². The van der Waals surface area contributed by atoms with Crippen molar-refractivity contribution in [3.05, 3.63) is 30.8 Å². The molecule has 0 amide bonds. The Balaban J connectivity index is 3.14. The predicted octanol–water partition coefficient (Wildman–Crippen LogP) is 0.687. The summed E-state index contributed by atoms with van der Waals surface area (Å²) in [7, 11) is 3.62. The number of quaternary nitrogens is 1. The average Bonchev–Trinajstić information content (AvgIpc) is 1.95. The molecular formula is C8H11NO. The maximum Gasteiger partial charge on any atom is 0.124 e. The molecule has 0 atom stereocenters. The van der Waals surface area contributed by atoms with E-state index in [0.29, 0.717) is 5.75 Å². The second-order valence-electron chi connectivity index (χ2n) is 2.20. The minimum Gasteiger partial charge on any atom is -0.507 e. The number of hydrogen-bond acceptors (Lipinski definition) is 1. The van der Waals surface area contributed by atoms with Gasteiger partial charge >= 0.3 is 0 Å². The van der Waals surface area contributed by atoms with Crippen molar-refractivity contribution in [2.75, 3.05) is 0 Å². The summed E-state index contributed by atoms with van der Waals surface area (Å²) in [6.07, 6.45) is 0. The van der Waals surface area contributed by atoms with Crippen LogP contribution < -0.4 is 5.32 Å². The van der Waals surface area contributed by atoms with E-state index in [2.05, 4.69) is 7.05 Å². The number of nitrogens with two attached hydrogens (primary N) is 1. The molecule has 1 rings (SSSR count). The number of rotatable bonds is 1. The highest BCUT2D eigenvalue weighted by molar-refractivity contribution is 5.46. The third-order valence-corrected chi connectivity index (χ3v) is 1.57. The van der Waals surface area contributed by atoms with Crippen molar-refractivity contribution in [1.29, 1.82) is 0 Å². The van der Waals surface area contributed by atoms with E-state index in [1.54, 1.807) is 17.4 Å². The molecule has 2 nitrogen and oxygen atoms in total. The third kappa shape index (κ3) is 1.11. The first-order valence-corrected chi connectivity index (χ1v) is 3.16. The minimum atomic E-state index is 0.331. The fraction of sp³-hybridized carbons (Fsp3) is 0.125. The molecule has 10 heavy (non-hydrogen) atoms. The number of phenols is 1. The van der Waals surface area contributed by atoms with Gasteiger partial charge < -0.3 is 10.4 Å². The van der Waals surface area contributed by atoms with Crippen LogP contribution >= 0.6 is 0 Å². The monoisotopic (exact) mass is 137 g/mol. The van der Waals surface area contributed by atoms with Gasteiger partial charge in [-0.25, -0.2) is 0 Å². The van der Waals surface area contributed by atoms with Gasteiger partial charge in [0.2, 0.25) is 0 Å². The Hall–Kier alpha value is -1.02. The molecule has 0 heterocycles. The van der Waals surface area contributed by atoms with Crippen molar-refractivity contribution in [3.8, 4) is 5.75 Å². The largest absolute Gasteiger partial charge is 0.507 e. The molecule has 1 aromatic rings. The van der Waals surface area contributed by atoms with Crippen molar-refractivity contribution in [1.82, 2.24) is 0 Å². The molecule has 54 valence electrons. The molecule has 0 saturated carbocycles. The van der Waals surface area contributed by atoms with E-state index in [0.717, 1.165) is 11.3 Å². The van der Waals surface area contributed by atoms with Crippen molar-refractivity contribution < 1.29 is 10.4 Å². The van der Waals surface area contributed by atoms with Gasteiger partial charge in [0.15, 0.2) is 0 Å². The van der Waals surface area contributed by atoms with Crippen molar-refractivity contribution in [2.45, 2.75) is 6.92 Å². The van der Waals surface area contributed by atoms with Gasteiger partial charge in [-0.05, 0) is 19.1 Å². The van der Waals surface area contributed by atoms with Gasteiger partial charge in [0.1, 0.15) is 11.4 Å². The van der Waals surface area contributed by atoms with Gasteiger partial charge in [0.05, 0.1) is 0 Å². The SMILES string of the molecule is [CH2-][NH2+]c1cccc(O)c1C. The molecule has 0 fully saturated rings. The van der Waals surface area contributed by atoms with Gasteiger partial charge in [-0.3, -0.25) is 0 Å². The lowest BCUT2D eigenvalue weighted by Crippen LogP contribution is -2.70. The standard InChI is InChI=1S/C8H11NO/c1-6-7(9-2)4-3-5-8(6)10/h3-5,10H,2,9H2,1H3. The maximum atomic E-state index is 9.18. The summed E-state index contributed by atoms with van der Waals surface area (Å²) in [5.41, 5.74) is 1.87. The first kappa shape index (κ1) is 7.09. The topological polar surface area (TPSA) is 36.8 Å². The zero-order chi connectivity index (χ0) is 7.56. The summed E-state index contributed by atoms with van der Waals surface area (Å²) >= 11 is 0. The fourth-order valence-corrected chi connectivity index (χ4v) is 0.862. The van der Waals surface area contributed by atoms with Crippen molar-refractivity contribution in [3.63, 3.8) is 0 Å². The van der Waals surface area contributed by atoms with Crippen LogP contribution in [0.15, 0.2) is 18.2 Å². The molecule has 2 heteroatoms. The molecule has 1 aromatic carbocycles. The first-order valence-electron chi connectivity index (χ1n) is 3.16. The van der Waals surface area contributed by atoms with Crippen LogP contribution in [0.1, 0.15) is 5.56 Å². The highest BCUT2D eigenvalue weighted by atomic mass is 16.3. The Labute approximate surface area is 60.5 Å². The molecule has 0 aliphatic rings. The van der Waals surface area contributed by atoms with Gasteiger partial charge in [0, 0.05) is 5.56 Å². The quantitative estimate of drug-likeness (QED) is 0.433. The zero-order valence-corrected chi connectivity index (χ0v) is 5.96. The second kappa shape index (κ2) is 2.71. The molecule has 0 bridgehead atoms. The lowest BCUT2D eigenvalue weighted by Gasteiger charge is -2.03. The zero-order valence-electron chi connectivity index (χ0n) is 5.96. The summed E-state index contributed by atoms with van der Waals surface area (Å²) in [4.78, 5) is 0. The average molecular weight is 137 g/mol. The first-order chi connectivity index (χ1) is 4.75. The number of hydrogen-bond donors (Lipinski definition) is 2. The van der Waals surface area contributed by atoms with E-state index in [1.807, 2.05) is 13.0 Å². The fourth-order valence-electron chi connectivity index (χ4n) is 0.862. The molecular weight excluding hydrogens is 126 g/mol. The van der Waals surface area contributed by atoms with E-state index < -0.39 is 0 Å². The van der Waals surface area contributed by atoms with E-state index in [-0.39, 0.29) is 0 Å². The highest BCUT2D eigenvalue weighted by Gasteiger charge is 2.00. The van der Waals surface area contributed by atoms with Gasteiger partial charge in [0.25, 0.3) is 0 Å². The molecule has 0 spiro atoms. The van der Waals surface area contributed by atoms with Gasteiger partial charge in [-0.2, -0.15) is 0 Å². The van der Waals surface area contributed by atoms with E-state index in [1.165, 1.54) is 0 Å². The van der Waals surface area contributed by atoms with Crippen LogP contribution in [-0.4, -0.2) is 5.11 Å².